The number of hydrogen-bond acceptors (Lipinski definition) is 4. The summed E-state index contributed by atoms with van der Waals surface area (Å²) in [6, 6.07) is 0. The largest absolute Gasteiger partial charge is 1.00 e. The van der Waals surface area contributed by atoms with Crippen LogP contribution in [0.15, 0.2) is 0 Å². The van der Waals surface area contributed by atoms with Crippen molar-refractivity contribution in [2.45, 2.75) is 12.6 Å². The summed E-state index contributed by atoms with van der Waals surface area (Å²) >= 11 is 0. The second-order valence-electron chi connectivity index (χ2n) is 1.92. The van der Waals surface area contributed by atoms with Gasteiger partial charge in [0, 0.05) is 6.54 Å². The second kappa shape index (κ2) is 3.92. The summed E-state index contributed by atoms with van der Waals surface area (Å²) in [5.74, 6) is 0. The maximum atomic E-state index is 10.1. The van der Waals surface area contributed by atoms with E-state index in [0.717, 1.165) is 4.31 Å². The Morgan fingerprint density at radius 1 is 1.60 bits per heavy atom. The first-order valence-corrected chi connectivity index (χ1v) is 3.86. The van der Waals surface area contributed by atoms with Crippen LogP contribution in [-0.2, 0) is 10.3 Å². The van der Waals surface area contributed by atoms with E-state index in [2.05, 4.69) is 0 Å². The molecule has 0 saturated carbocycles. The van der Waals surface area contributed by atoms with Crippen LogP contribution < -0.4 is 57.1 Å². The van der Waals surface area contributed by atoms with E-state index in [4.69, 9.17) is 5.73 Å². The molecule has 0 spiro atoms. The van der Waals surface area contributed by atoms with Gasteiger partial charge >= 0.3 is 51.4 Å². The fraction of sp³-hybridized carbons (Fsp3) is 1.00. The van der Waals surface area contributed by atoms with E-state index in [1.807, 2.05) is 0 Å². The summed E-state index contributed by atoms with van der Waals surface area (Å²) in [6.07, 6.45) is 0.00840. The Hall–Kier alpha value is 1.47. The summed E-state index contributed by atoms with van der Waals surface area (Å²) in [5, 5.41) is 0. The molecule has 0 aromatic carbocycles. The van der Waals surface area contributed by atoms with Crippen molar-refractivity contribution in [2.24, 2.45) is 5.73 Å². The quantitative estimate of drug-likeness (QED) is 0.333. The Labute approximate surface area is 102 Å². The van der Waals surface area contributed by atoms with Gasteiger partial charge in [0.2, 0.25) is 0 Å². The van der Waals surface area contributed by atoms with Crippen LogP contribution in [0, 0.1) is 0 Å². The van der Waals surface area contributed by atoms with Crippen LogP contribution >= 0.6 is 0 Å². The van der Waals surface area contributed by atoms with Crippen LogP contribution in [0.1, 0.15) is 6.42 Å². The molecular formula is C3H7KN2O3S. The van der Waals surface area contributed by atoms with Gasteiger partial charge in [-0.2, -0.15) is 4.31 Å². The number of rotatable bonds is 1. The molecule has 1 fully saturated rings. The summed E-state index contributed by atoms with van der Waals surface area (Å²) in [7, 11) is -4.26. The molecule has 54 valence electrons. The first-order valence-electron chi connectivity index (χ1n) is 2.50. The van der Waals surface area contributed by atoms with Crippen molar-refractivity contribution < 1.29 is 64.4 Å². The van der Waals surface area contributed by atoms with E-state index in [-0.39, 0.29) is 57.9 Å². The molecule has 1 rings (SSSR count). The van der Waals surface area contributed by atoms with E-state index >= 15 is 0 Å². The molecule has 10 heavy (non-hydrogen) atoms. The van der Waals surface area contributed by atoms with Crippen LogP contribution in [0.4, 0.5) is 0 Å². The van der Waals surface area contributed by atoms with Crippen molar-refractivity contribution in [1.29, 1.82) is 0 Å². The van der Waals surface area contributed by atoms with E-state index < -0.39 is 16.5 Å². The number of hydrogen-bond donors (Lipinski definition) is 1. The molecule has 0 radical (unpaired) electrons. The Bertz CT molecular complexity index is 204. The van der Waals surface area contributed by atoms with Gasteiger partial charge in [-0.05, 0) is 6.42 Å². The molecular weight excluding hydrogens is 183 g/mol. The maximum absolute atomic E-state index is 10.1. The van der Waals surface area contributed by atoms with Gasteiger partial charge in [-0.1, -0.05) is 0 Å². The monoisotopic (exact) mass is 190 g/mol. The minimum absolute atomic E-state index is 0. The molecule has 1 saturated heterocycles. The summed E-state index contributed by atoms with van der Waals surface area (Å²) in [4.78, 5) is 0. The van der Waals surface area contributed by atoms with Crippen LogP contribution in [0.25, 0.3) is 0 Å². The van der Waals surface area contributed by atoms with E-state index in [0.29, 0.717) is 6.42 Å². The second-order valence-corrected chi connectivity index (χ2v) is 3.25. The molecule has 2 N–H and O–H groups in total. The standard InChI is InChI=1S/C3H8N2O3S.K/c4-3-1-2-5(3)9(6,7)8;/h3H,1-2,4H2,(H,6,7,8);/q;+1/p-1. The minimum Gasteiger partial charge on any atom is -0.735 e. The Morgan fingerprint density at radius 3 is 2.10 bits per heavy atom. The summed E-state index contributed by atoms with van der Waals surface area (Å²) in [5.41, 5.74) is 5.16. The molecule has 1 aliphatic rings. The predicted octanol–water partition coefficient (Wildman–Crippen LogP) is -4.56. The number of nitrogens with two attached hydrogens (primary N) is 1. The molecule has 5 nitrogen and oxygen atoms in total. The average Bonchev–Trinajstić information content (AvgIpc) is 1.57. The molecule has 0 aliphatic carbocycles. The molecule has 1 heterocycles. The van der Waals surface area contributed by atoms with Gasteiger partial charge in [0.1, 0.15) is 0 Å². The van der Waals surface area contributed by atoms with Gasteiger partial charge in [-0.25, -0.2) is 8.42 Å². The third-order valence-electron chi connectivity index (χ3n) is 1.30. The fourth-order valence-electron chi connectivity index (χ4n) is 0.661. The fourth-order valence-corrected chi connectivity index (χ4v) is 1.43. The Balaban J connectivity index is 0.000000810. The van der Waals surface area contributed by atoms with Crippen LogP contribution in [-0.4, -0.2) is 30.0 Å². The van der Waals surface area contributed by atoms with E-state index in [1.165, 1.54) is 0 Å². The minimum atomic E-state index is -4.26. The van der Waals surface area contributed by atoms with Crippen LogP contribution in [0.3, 0.4) is 0 Å². The van der Waals surface area contributed by atoms with Crippen LogP contribution in [0.2, 0.25) is 0 Å². The first kappa shape index (κ1) is 11.5. The Morgan fingerprint density at radius 2 is 2.10 bits per heavy atom. The first-order chi connectivity index (χ1) is 4.02. The average molecular weight is 190 g/mol. The van der Waals surface area contributed by atoms with Crippen molar-refractivity contribution in [3.05, 3.63) is 0 Å². The van der Waals surface area contributed by atoms with E-state index in [9.17, 15) is 13.0 Å². The number of nitrogens with zero attached hydrogens (tertiary/aromatic N) is 1. The van der Waals surface area contributed by atoms with E-state index in [1.54, 1.807) is 0 Å². The van der Waals surface area contributed by atoms with Gasteiger partial charge in [-0.15, -0.1) is 0 Å². The predicted molar refractivity (Wildman–Crippen MR) is 29.0 cm³/mol. The van der Waals surface area contributed by atoms with Crippen molar-refractivity contribution >= 4 is 10.3 Å². The smallest absolute Gasteiger partial charge is 0.735 e. The summed E-state index contributed by atoms with van der Waals surface area (Å²) < 4.78 is 31.1. The molecule has 7 heteroatoms. The van der Waals surface area contributed by atoms with Crippen molar-refractivity contribution in [2.75, 3.05) is 6.54 Å². The molecule has 1 aliphatic heterocycles. The zero-order valence-corrected chi connectivity index (χ0v) is 9.59. The van der Waals surface area contributed by atoms with Gasteiger partial charge in [0.15, 0.2) is 10.3 Å². The molecule has 0 amide bonds. The zero-order valence-electron chi connectivity index (χ0n) is 5.65. The third kappa shape index (κ3) is 2.50. The van der Waals surface area contributed by atoms with Gasteiger partial charge in [-0.3, -0.25) is 0 Å². The van der Waals surface area contributed by atoms with Gasteiger partial charge < -0.3 is 10.3 Å². The zero-order chi connectivity index (χ0) is 7.07. The Kier molecular flexibility index (Phi) is 4.50. The SMILES string of the molecule is NC1CCN1S(=O)(=O)[O-].[K+]. The molecule has 1 unspecified atom stereocenters. The summed E-state index contributed by atoms with van der Waals surface area (Å²) in [6.45, 7) is 0.271. The molecule has 1 atom stereocenters. The van der Waals surface area contributed by atoms with Gasteiger partial charge in [0.25, 0.3) is 0 Å². The molecule has 0 aromatic rings. The van der Waals surface area contributed by atoms with Crippen LogP contribution in [0.5, 0.6) is 0 Å². The topological polar surface area (TPSA) is 86.5 Å². The molecule has 0 aromatic heterocycles. The normalized spacial score (nSPS) is 26.8. The van der Waals surface area contributed by atoms with Crippen molar-refractivity contribution in [1.82, 2.24) is 4.31 Å². The van der Waals surface area contributed by atoms with Crippen molar-refractivity contribution in [3.63, 3.8) is 0 Å². The van der Waals surface area contributed by atoms with Crippen molar-refractivity contribution in [3.8, 4) is 0 Å². The maximum Gasteiger partial charge on any atom is 1.00 e. The molecule has 0 bridgehead atoms. The third-order valence-corrected chi connectivity index (χ3v) is 2.33. The van der Waals surface area contributed by atoms with Gasteiger partial charge in [0.05, 0.1) is 6.17 Å².